The van der Waals surface area contributed by atoms with Crippen LogP contribution in [0.15, 0.2) is 47.8 Å². The fraction of sp³-hybridized carbons (Fsp3) is 0.368. The van der Waals surface area contributed by atoms with Gasteiger partial charge in [-0.05, 0) is 23.4 Å². The van der Waals surface area contributed by atoms with Crippen molar-refractivity contribution >= 4 is 23.2 Å². The Balaban J connectivity index is 1.71. The molecular weight excluding hydrogens is 320 g/mol. The van der Waals surface area contributed by atoms with Crippen LogP contribution in [0.1, 0.15) is 27.6 Å². The zero-order valence-electron chi connectivity index (χ0n) is 13.6. The Morgan fingerprint density at radius 2 is 2.00 bits per heavy atom. The molecule has 0 N–H and O–H groups in total. The second-order valence-electron chi connectivity index (χ2n) is 6.76. The number of amides is 2. The highest BCUT2D eigenvalue weighted by atomic mass is 32.1. The summed E-state index contributed by atoms with van der Waals surface area (Å²) >= 11 is 1.46. The molecule has 3 heterocycles. The Morgan fingerprint density at radius 3 is 2.62 bits per heavy atom. The van der Waals surface area contributed by atoms with Crippen molar-refractivity contribution < 1.29 is 9.59 Å². The molecule has 1 spiro atoms. The molecule has 2 amide bonds. The van der Waals surface area contributed by atoms with Gasteiger partial charge in [-0.3, -0.25) is 9.59 Å². The Kier molecular flexibility index (Phi) is 3.68. The highest BCUT2D eigenvalue weighted by molar-refractivity contribution is 7.12. The van der Waals surface area contributed by atoms with Crippen LogP contribution in [0.3, 0.4) is 0 Å². The van der Waals surface area contributed by atoms with E-state index < -0.39 is 5.41 Å². The van der Waals surface area contributed by atoms with Crippen molar-refractivity contribution in [3.63, 3.8) is 0 Å². The molecule has 2 saturated heterocycles. The first kappa shape index (κ1) is 15.4. The molecule has 0 aliphatic carbocycles. The molecule has 4 rings (SSSR count). The van der Waals surface area contributed by atoms with E-state index in [1.807, 2.05) is 52.6 Å². The maximum atomic E-state index is 13.0. The number of hydrogen-bond donors (Lipinski definition) is 0. The lowest BCUT2D eigenvalue weighted by molar-refractivity contribution is -0.134. The van der Waals surface area contributed by atoms with Gasteiger partial charge in [-0.25, -0.2) is 0 Å². The van der Waals surface area contributed by atoms with Gasteiger partial charge >= 0.3 is 0 Å². The van der Waals surface area contributed by atoms with Crippen LogP contribution >= 0.6 is 11.3 Å². The number of carbonyl (C=O) groups excluding carboxylic acids is 2. The van der Waals surface area contributed by atoms with Crippen LogP contribution in [0.4, 0.5) is 0 Å². The fourth-order valence-electron chi connectivity index (χ4n) is 4.16. The van der Waals surface area contributed by atoms with Crippen LogP contribution in [-0.2, 0) is 4.79 Å². The minimum atomic E-state index is -0.469. The second kappa shape index (κ2) is 5.74. The van der Waals surface area contributed by atoms with Crippen molar-refractivity contribution in [3.05, 3.63) is 58.3 Å². The fourth-order valence-corrected chi connectivity index (χ4v) is 4.85. The van der Waals surface area contributed by atoms with Gasteiger partial charge in [0.15, 0.2) is 0 Å². The van der Waals surface area contributed by atoms with E-state index in [1.54, 1.807) is 0 Å². The number of likely N-dealkylation sites (tertiary alicyclic amines) is 2. The van der Waals surface area contributed by atoms with Crippen molar-refractivity contribution in [2.75, 3.05) is 26.7 Å². The van der Waals surface area contributed by atoms with Gasteiger partial charge in [-0.1, -0.05) is 36.4 Å². The van der Waals surface area contributed by atoms with Crippen LogP contribution < -0.4 is 0 Å². The summed E-state index contributed by atoms with van der Waals surface area (Å²) in [7, 11) is 1.86. The third-order valence-corrected chi connectivity index (χ3v) is 6.29. The molecule has 0 bridgehead atoms. The lowest BCUT2D eigenvalue weighted by Crippen LogP contribution is -2.39. The average molecular weight is 340 g/mol. The molecule has 2 atom stereocenters. The molecule has 0 radical (unpaired) electrons. The number of nitrogens with zero attached hydrogens (tertiary/aromatic N) is 2. The van der Waals surface area contributed by atoms with E-state index in [9.17, 15) is 9.59 Å². The molecular formula is C19H20N2O2S. The normalized spacial score (nSPS) is 26.5. The summed E-state index contributed by atoms with van der Waals surface area (Å²) in [4.78, 5) is 30.2. The quantitative estimate of drug-likeness (QED) is 0.843. The molecule has 2 fully saturated rings. The predicted molar refractivity (Wildman–Crippen MR) is 94.1 cm³/mol. The van der Waals surface area contributed by atoms with Crippen molar-refractivity contribution in [3.8, 4) is 0 Å². The minimum Gasteiger partial charge on any atom is -0.345 e. The van der Waals surface area contributed by atoms with E-state index in [0.29, 0.717) is 13.1 Å². The van der Waals surface area contributed by atoms with Crippen LogP contribution in [0.2, 0.25) is 0 Å². The van der Waals surface area contributed by atoms with Gasteiger partial charge in [0.1, 0.15) is 0 Å². The smallest absolute Gasteiger partial charge is 0.263 e. The highest BCUT2D eigenvalue weighted by Crippen LogP contribution is 2.49. The van der Waals surface area contributed by atoms with E-state index in [4.69, 9.17) is 0 Å². The SMILES string of the molecule is CN1CC[C@]2(CN(C(=O)c3cccs3)C[C@H]2c2ccccc2)C1=O. The third-order valence-electron chi connectivity index (χ3n) is 5.43. The Labute approximate surface area is 145 Å². The van der Waals surface area contributed by atoms with Crippen molar-refractivity contribution in [1.82, 2.24) is 9.80 Å². The van der Waals surface area contributed by atoms with Gasteiger partial charge in [0.25, 0.3) is 5.91 Å². The standard InChI is InChI=1S/C19H20N2O2S/c1-20-10-9-19(18(20)23)13-21(17(22)16-8-5-11-24-16)12-15(19)14-6-3-2-4-7-14/h2-8,11,15H,9-10,12-13H2,1H3/t15-,19+/m0/s1. The minimum absolute atomic E-state index is 0.0464. The number of hydrogen-bond acceptors (Lipinski definition) is 3. The van der Waals surface area contributed by atoms with Crippen LogP contribution in [0, 0.1) is 5.41 Å². The van der Waals surface area contributed by atoms with Gasteiger partial charge in [0, 0.05) is 32.6 Å². The Morgan fingerprint density at radius 1 is 1.21 bits per heavy atom. The summed E-state index contributed by atoms with van der Waals surface area (Å²) in [5.41, 5.74) is 0.686. The zero-order valence-corrected chi connectivity index (χ0v) is 14.5. The number of carbonyl (C=O) groups is 2. The number of rotatable bonds is 2. The number of thiophene rings is 1. The molecule has 2 aromatic rings. The van der Waals surface area contributed by atoms with Gasteiger partial charge in [-0.2, -0.15) is 0 Å². The molecule has 2 aliphatic heterocycles. The summed E-state index contributed by atoms with van der Waals surface area (Å²) in [5, 5.41) is 1.92. The van der Waals surface area contributed by atoms with Crippen LogP contribution in [-0.4, -0.2) is 48.3 Å². The van der Waals surface area contributed by atoms with E-state index in [-0.39, 0.29) is 17.7 Å². The van der Waals surface area contributed by atoms with Crippen molar-refractivity contribution in [2.45, 2.75) is 12.3 Å². The zero-order chi connectivity index (χ0) is 16.7. The highest BCUT2D eigenvalue weighted by Gasteiger charge is 2.57. The monoisotopic (exact) mass is 340 g/mol. The van der Waals surface area contributed by atoms with Gasteiger partial charge in [-0.15, -0.1) is 11.3 Å². The summed E-state index contributed by atoms with van der Waals surface area (Å²) in [6, 6.07) is 13.9. The predicted octanol–water partition coefficient (Wildman–Crippen LogP) is 2.84. The second-order valence-corrected chi connectivity index (χ2v) is 7.71. The summed E-state index contributed by atoms with van der Waals surface area (Å²) in [6.07, 6.45) is 0.816. The maximum Gasteiger partial charge on any atom is 0.263 e. The van der Waals surface area contributed by atoms with Crippen LogP contribution in [0.5, 0.6) is 0 Å². The molecule has 5 heteroatoms. The van der Waals surface area contributed by atoms with E-state index in [0.717, 1.165) is 23.4 Å². The Bertz CT molecular complexity index is 759. The van der Waals surface area contributed by atoms with Gasteiger partial charge in [0.2, 0.25) is 5.91 Å². The van der Waals surface area contributed by atoms with E-state index in [1.165, 1.54) is 11.3 Å². The molecule has 0 saturated carbocycles. The molecule has 1 aromatic heterocycles. The van der Waals surface area contributed by atoms with Crippen molar-refractivity contribution in [1.29, 1.82) is 0 Å². The summed E-state index contributed by atoms with van der Waals surface area (Å²) in [6.45, 7) is 1.90. The first-order valence-electron chi connectivity index (χ1n) is 8.25. The Hall–Kier alpha value is -2.14. The van der Waals surface area contributed by atoms with Crippen LogP contribution in [0.25, 0.3) is 0 Å². The number of benzene rings is 1. The average Bonchev–Trinajstić information content (AvgIpc) is 3.33. The molecule has 24 heavy (non-hydrogen) atoms. The largest absolute Gasteiger partial charge is 0.345 e. The van der Waals surface area contributed by atoms with Crippen molar-refractivity contribution in [2.24, 2.45) is 5.41 Å². The van der Waals surface area contributed by atoms with Gasteiger partial charge < -0.3 is 9.80 Å². The molecule has 4 nitrogen and oxygen atoms in total. The first-order chi connectivity index (χ1) is 11.6. The summed E-state index contributed by atoms with van der Waals surface area (Å²) < 4.78 is 0. The lowest BCUT2D eigenvalue weighted by atomic mass is 9.73. The molecule has 0 unspecified atom stereocenters. The van der Waals surface area contributed by atoms with E-state index >= 15 is 0 Å². The topological polar surface area (TPSA) is 40.6 Å². The summed E-state index contributed by atoms with van der Waals surface area (Å²) in [5.74, 6) is 0.294. The molecule has 124 valence electrons. The molecule has 1 aromatic carbocycles. The lowest BCUT2D eigenvalue weighted by Gasteiger charge is -2.28. The third kappa shape index (κ3) is 2.26. The van der Waals surface area contributed by atoms with Gasteiger partial charge in [0.05, 0.1) is 10.3 Å². The van der Waals surface area contributed by atoms with E-state index in [2.05, 4.69) is 12.1 Å². The first-order valence-corrected chi connectivity index (χ1v) is 9.13. The maximum absolute atomic E-state index is 13.0. The molecule has 2 aliphatic rings.